The topological polar surface area (TPSA) is 58.4 Å². The van der Waals surface area contributed by atoms with Crippen LogP contribution in [0.15, 0.2) is 30.3 Å². The zero-order chi connectivity index (χ0) is 18.0. The third-order valence-electron chi connectivity index (χ3n) is 6.58. The van der Waals surface area contributed by atoms with Crippen LogP contribution in [-0.2, 0) is 4.79 Å². The number of benzene rings is 1. The van der Waals surface area contributed by atoms with Crippen LogP contribution in [0.5, 0.6) is 0 Å². The molecule has 0 bridgehead atoms. The average molecular weight is 344 g/mol. The molecule has 1 heterocycles. The quantitative estimate of drug-likeness (QED) is 0.884. The van der Waals surface area contributed by atoms with Gasteiger partial charge in [-0.05, 0) is 30.7 Å². The summed E-state index contributed by atoms with van der Waals surface area (Å²) in [5.41, 5.74) is 7.67. The average Bonchev–Trinajstić information content (AvgIpc) is 3.00. The summed E-state index contributed by atoms with van der Waals surface area (Å²) in [6.07, 6.45) is 3.61. The molecule has 0 radical (unpaired) electrons. The molecular formula is C21H33N3O. The molecule has 1 aromatic rings. The fourth-order valence-electron chi connectivity index (χ4n) is 4.48. The second-order valence-electron chi connectivity index (χ2n) is 8.19. The Hall–Kier alpha value is -1.39. The molecule has 1 aromatic carbocycles. The van der Waals surface area contributed by atoms with Crippen LogP contribution in [0.2, 0.25) is 0 Å². The third kappa shape index (κ3) is 4.06. The minimum absolute atomic E-state index is 0.0891. The Kier molecular flexibility index (Phi) is 5.80. The van der Waals surface area contributed by atoms with Crippen LogP contribution in [-0.4, -0.2) is 42.0 Å². The first-order valence-corrected chi connectivity index (χ1v) is 9.82. The summed E-state index contributed by atoms with van der Waals surface area (Å²) in [5, 5.41) is 3.32. The molecule has 6 atom stereocenters. The number of carbonyl (C=O) groups is 1. The second kappa shape index (κ2) is 7.88. The van der Waals surface area contributed by atoms with Crippen LogP contribution < -0.4 is 11.1 Å². The molecule has 4 heteroatoms. The highest BCUT2D eigenvalue weighted by Crippen LogP contribution is 2.30. The van der Waals surface area contributed by atoms with E-state index in [2.05, 4.69) is 48.3 Å². The summed E-state index contributed by atoms with van der Waals surface area (Å²) < 4.78 is 0. The summed E-state index contributed by atoms with van der Waals surface area (Å²) in [4.78, 5) is 15.1. The molecule has 4 unspecified atom stereocenters. The molecule has 1 aliphatic carbocycles. The SMILES string of the molecule is CC1CCCC(NC(=O)C(C)N2C[C@@H](N)[C@H](c3ccccc3)C2)C1C. The Bertz CT molecular complexity index is 576. The summed E-state index contributed by atoms with van der Waals surface area (Å²) in [7, 11) is 0. The van der Waals surface area contributed by atoms with Gasteiger partial charge in [0.2, 0.25) is 5.91 Å². The van der Waals surface area contributed by atoms with Gasteiger partial charge in [-0.1, -0.05) is 57.0 Å². The van der Waals surface area contributed by atoms with Gasteiger partial charge in [0.15, 0.2) is 0 Å². The molecule has 4 nitrogen and oxygen atoms in total. The van der Waals surface area contributed by atoms with Gasteiger partial charge >= 0.3 is 0 Å². The second-order valence-corrected chi connectivity index (χ2v) is 8.19. The van der Waals surface area contributed by atoms with Gasteiger partial charge in [-0.25, -0.2) is 0 Å². The van der Waals surface area contributed by atoms with Crippen molar-refractivity contribution in [3.63, 3.8) is 0 Å². The fourth-order valence-corrected chi connectivity index (χ4v) is 4.48. The van der Waals surface area contributed by atoms with E-state index >= 15 is 0 Å². The highest BCUT2D eigenvalue weighted by Gasteiger charge is 2.37. The van der Waals surface area contributed by atoms with Crippen molar-refractivity contribution in [2.75, 3.05) is 13.1 Å². The molecule has 3 rings (SSSR count). The lowest BCUT2D eigenvalue weighted by molar-refractivity contribution is -0.127. The molecule has 25 heavy (non-hydrogen) atoms. The van der Waals surface area contributed by atoms with Crippen LogP contribution in [0.3, 0.4) is 0 Å². The Balaban J connectivity index is 1.59. The lowest BCUT2D eigenvalue weighted by Gasteiger charge is -2.36. The highest BCUT2D eigenvalue weighted by molar-refractivity contribution is 5.81. The first-order valence-electron chi connectivity index (χ1n) is 9.82. The Morgan fingerprint density at radius 3 is 2.64 bits per heavy atom. The summed E-state index contributed by atoms with van der Waals surface area (Å²) in [6, 6.07) is 10.7. The number of rotatable bonds is 4. The largest absolute Gasteiger partial charge is 0.352 e. The molecular weight excluding hydrogens is 310 g/mol. The van der Waals surface area contributed by atoms with E-state index in [0.29, 0.717) is 23.8 Å². The van der Waals surface area contributed by atoms with Crippen molar-refractivity contribution in [3.8, 4) is 0 Å². The molecule has 0 aromatic heterocycles. The van der Waals surface area contributed by atoms with E-state index in [0.717, 1.165) is 19.5 Å². The van der Waals surface area contributed by atoms with E-state index in [1.165, 1.54) is 18.4 Å². The number of nitrogens with one attached hydrogen (secondary N) is 1. The van der Waals surface area contributed by atoms with Crippen molar-refractivity contribution in [2.24, 2.45) is 17.6 Å². The summed E-state index contributed by atoms with van der Waals surface area (Å²) in [6.45, 7) is 8.24. The van der Waals surface area contributed by atoms with Crippen LogP contribution in [0.4, 0.5) is 0 Å². The number of hydrogen-bond acceptors (Lipinski definition) is 3. The van der Waals surface area contributed by atoms with E-state index in [1.54, 1.807) is 0 Å². The van der Waals surface area contributed by atoms with Gasteiger partial charge in [0.05, 0.1) is 6.04 Å². The highest BCUT2D eigenvalue weighted by atomic mass is 16.2. The molecule has 1 aliphatic heterocycles. The van der Waals surface area contributed by atoms with E-state index in [-0.39, 0.29) is 18.0 Å². The lowest BCUT2D eigenvalue weighted by Crippen LogP contribution is -2.51. The maximum Gasteiger partial charge on any atom is 0.237 e. The maximum atomic E-state index is 12.8. The number of hydrogen-bond donors (Lipinski definition) is 2. The number of carbonyl (C=O) groups excluding carboxylic acids is 1. The smallest absolute Gasteiger partial charge is 0.237 e. The van der Waals surface area contributed by atoms with Gasteiger partial charge in [-0.3, -0.25) is 9.69 Å². The summed E-state index contributed by atoms with van der Waals surface area (Å²) >= 11 is 0. The first kappa shape index (κ1) is 18.4. The predicted molar refractivity (Wildman–Crippen MR) is 102 cm³/mol. The van der Waals surface area contributed by atoms with Crippen molar-refractivity contribution in [1.82, 2.24) is 10.2 Å². The molecule has 3 N–H and O–H groups in total. The first-order chi connectivity index (χ1) is 12.0. The van der Waals surface area contributed by atoms with Gasteiger partial charge in [0, 0.05) is 31.1 Å². The van der Waals surface area contributed by atoms with E-state index < -0.39 is 0 Å². The van der Waals surface area contributed by atoms with Crippen molar-refractivity contribution in [2.45, 2.75) is 64.1 Å². The number of likely N-dealkylation sites (tertiary alicyclic amines) is 1. The predicted octanol–water partition coefficient (Wildman–Crippen LogP) is 2.74. The molecule has 2 fully saturated rings. The third-order valence-corrected chi connectivity index (χ3v) is 6.58. The molecule has 1 amide bonds. The summed E-state index contributed by atoms with van der Waals surface area (Å²) in [5.74, 6) is 1.72. The zero-order valence-corrected chi connectivity index (χ0v) is 15.8. The molecule has 138 valence electrons. The standard InChI is InChI=1S/C21H33N3O/c1-14-8-7-11-20(15(14)2)23-21(25)16(3)24-12-18(19(22)13-24)17-9-5-4-6-10-17/h4-6,9-10,14-16,18-20H,7-8,11-13,22H2,1-3H3,(H,23,25)/t14?,15?,16?,18-,19+,20?/m0/s1. The molecule has 0 spiro atoms. The van der Waals surface area contributed by atoms with Gasteiger partial charge in [-0.2, -0.15) is 0 Å². The molecule has 1 saturated heterocycles. The van der Waals surface area contributed by atoms with Crippen molar-refractivity contribution < 1.29 is 4.79 Å². The normalized spacial score (nSPS) is 34.6. The zero-order valence-electron chi connectivity index (χ0n) is 15.8. The van der Waals surface area contributed by atoms with Crippen LogP contribution >= 0.6 is 0 Å². The minimum atomic E-state index is -0.121. The number of amides is 1. The van der Waals surface area contributed by atoms with Crippen molar-refractivity contribution >= 4 is 5.91 Å². The van der Waals surface area contributed by atoms with Crippen molar-refractivity contribution in [1.29, 1.82) is 0 Å². The van der Waals surface area contributed by atoms with Gasteiger partial charge in [0.1, 0.15) is 0 Å². The van der Waals surface area contributed by atoms with Gasteiger partial charge < -0.3 is 11.1 Å². The minimum Gasteiger partial charge on any atom is -0.352 e. The lowest BCUT2D eigenvalue weighted by atomic mass is 9.78. The van der Waals surface area contributed by atoms with E-state index in [9.17, 15) is 4.79 Å². The monoisotopic (exact) mass is 343 g/mol. The number of nitrogens with zero attached hydrogens (tertiary/aromatic N) is 1. The van der Waals surface area contributed by atoms with Crippen LogP contribution in [0.25, 0.3) is 0 Å². The van der Waals surface area contributed by atoms with Crippen LogP contribution in [0.1, 0.15) is 51.5 Å². The van der Waals surface area contributed by atoms with E-state index in [1.807, 2.05) is 13.0 Å². The number of nitrogens with two attached hydrogens (primary N) is 1. The van der Waals surface area contributed by atoms with Gasteiger partial charge in [-0.15, -0.1) is 0 Å². The Morgan fingerprint density at radius 1 is 1.20 bits per heavy atom. The van der Waals surface area contributed by atoms with Gasteiger partial charge in [0.25, 0.3) is 0 Å². The molecule has 1 saturated carbocycles. The fraction of sp³-hybridized carbons (Fsp3) is 0.667. The molecule has 2 aliphatic rings. The maximum absolute atomic E-state index is 12.8. The van der Waals surface area contributed by atoms with Crippen molar-refractivity contribution in [3.05, 3.63) is 35.9 Å². The Labute approximate surface area is 152 Å². The van der Waals surface area contributed by atoms with E-state index in [4.69, 9.17) is 5.73 Å². The Morgan fingerprint density at radius 2 is 1.92 bits per heavy atom. The van der Waals surface area contributed by atoms with Crippen LogP contribution in [0, 0.1) is 11.8 Å².